The molecule has 1 rings (SSSR count). The first-order valence-corrected chi connectivity index (χ1v) is 3.93. The van der Waals surface area contributed by atoms with Crippen molar-refractivity contribution in [3.63, 3.8) is 0 Å². The third-order valence-corrected chi connectivity index (χ3v) is 1.88. The number of nitrogens with zero attached hydrogens (tertiary/aromatic N) is 2. The zero-order chi connectivity index (χ0) is 9.90. The number of methoxy groups -OCH3 is 1. The molecule has 4 heteroatoms. The largest absolute Gasteiger partial charge is 0.371 e. The van der Waals surface area contributed by atoms with Gasteiger partial charge in [0.25, 0.3) is 0 Å². The summed E-state index contributed by atoms with van der Waals surface area (Å²) < 4.78 is 5.05. The number of hydrogen-bond donors (Lipinski definition) is 0. The van der Waals surface area contributed by atoms with Crippen LogP contribution in [0.15, 0.2) is 18.7 Å². The van der Waals surface area contributed by atoms with Crippen molar-refractivity contribution >= 4 is 5.78 Å². The number of carbonyl (C=O) groups is 1. The molecule has 0 saturated heterocycles. The summed E-state index contributed by atoms with van der Waals surface area (Å²) in [7, 11) is 1.50. The molecule has 0 aliphatic heterocycles. The lowest BCUT2D eigenvalue weighted by Gasteiger charge is -2.20. The first kappa shape index (κ1) is 9.80. The number of carbonyl (C=O) groups excluding carboxylic acids is 1. The molecule has 0 N–H and O–H groups in total. The van der Waals surface area contributed by atoms with E-state index in [1.807, 2.05) is 0 Å². The van der Waals surface area contributed by atoms with Crippen LogP contribution in [-0.4, -0.2) is 28.5 Å². The van der Waals surface area contributed by atoms with E-state index >= 15 is 0 Å². The van der Waals surface area contributed by atoms with E-state index in [1.54, 1.807) is 13.8 Å². The third-order valence-electron chi connectivity index (χ3n) is 1.88. The van der Waals surface area contributed by atoms with Crippen LogP contribution in [0.25, 0.3) is 0 Å². The maximum atomic E-state index is 11.7. The number of ketones is 1. The zero-order valence-corrected chi connectivity index (χ0v) is 7.94. The summed E-state index contributed by atoms with van der Waals surface area (Å²) in [6.45, 7) is 3.42. The van der Waals surface area contributed by atoms with E-state index in [0.717, 1.165) is 0 Å². The second kappa shape index (κ2) is 3.62. The van der Waals surface area contributed by atoms with Crippen LogP contribution in [0, 0.1) is 0 Å². The third kappa shape index (κ3) is 2.09. The minimum Gasteiger partial charge on any atom is -0.371 e. The molecule has 0 spiro atoms. The first-order chi connectivity index (χ1) is 6.08. The van der Waals surface area contributed by atoms with Gasteiger partial charge in [0, 0.05) is 19.5 Å². The molecule has 0 unspecified atom stereocenters. The van der Waals surface area contributed by atoms with Gasteiger partial charge in [-0.3, -0.25) is 4.79 Å². The Hall–Kier alpha value is -1.29. The van der Waals surface area contributed by atoms with Crippen LogP contribution >= 0.6 is 0 Å². The van der Waals surface area contributed by atoms with Crippen LogP contribution in [0.5, 0.6) is 0 Å². The molecule has 0 aliphatic carbocycles. The van der Waals surface area contributed by atoms with Crippen LogP contribution < -0.4 is 0 Å². The average Bonchev–Trinajstić information content (AvgIpc) is 2.18. The maximum absolute atomic E-state index is 11.7. The monoisotopic (exact) mass is 180 g/mol. The standard InChI is InChI=1S/C9H12N2O2/c1-9(2,13-3)8(12)7-4-10-6-11-5-7/h4-6H,1-3H3. The van der Waals surface area contributed by atoms with Crippen molar-refractivity contribution in [3.05, 3.63) is 24.3 Å². The molecule has 0 aromatic carbocycles. The summed E-state index contributed by atoms with van der Waals surface area (Å²) >= 11 is 0. The van der Waals surface area contributed by atoms with Crippen LogP contribution in [0.1, 0.15) is 24.2 Å². The molecular formula is C9H12N2O2. The lowest BCUT2D eigenvalue weighted by Crippen LogP contribution is -2.33. The van der Waals surface area contributed by atoms with E-state index in [-0.39, 0.29) is 5.78 Å². The van der Waals surface area contributed by atoms with Gasteiger partial charge >= 0.3 is 0 Å². The summed E-state index contributed by atoms with van der Waals surface area (Å²) in [5.74, 6) is -0.115. The molecule has 0 atom stereocenters. The Morgan fingerprint density at radius 3 is 2.38 bits per heavy atom. The number of rotatable bonds is 3. The van der Waals surface area contributed by atoms with E-state index in [1.165, 1.54) is 25.8 Å². The normalized spacial score (nSPS) is 11.3. The Bertz CT molecular complexity index is 296. The van der Waals surface area contributed by atoms with Crippen molar-refractivity contribution < 1.29 is 9.53 Å². The molecule has 70 valence electrons. The SMILES string of the molecule is COC(C)(C)C(=O)c1cncnc1. The van der Waals surface area contributed by atoms with Gasteiger partial charge < -0.3 is 4.74 Å². The zero-order valence-electron chi connectivity index (χ0n) is 7.94. The fourth-order valence-corrected chi connectivity index (χ4v) is 0.857. The Morgan fingerprint density at radius 1 is 1.38 bits per heavy atom. The lowest BCUT2D eigenvalue weighted by molar-refractivity contribution is 0.0227. The molecule has 0 fully saturated rings. The Kier molecular flexibility index (Phi) is 2.72. The van der Waals surface area contributed by atoms with Crippen LogP contribution in [0.2, 0.25) is 0 Å². The van der Waals surface area contributed by atoms with Crippen molar-refractivity contribution in [1.29, 1.82) is 0 Å². The van der Waals surface area contributed by atoms with Gasteiger partial charge in [-0.25, -0.2) is 9.97 Å². The molecule has 13 heavy (non-hydrogen) atoms. The van der Waals surface area contributed by atoms with Gasteiger partial charge in [-0.05, 0) is 13.8 Å². The summed E-state index contributed by atoms with van der Waals surface area (Å²) in [6.07, 6.45) is 4.35. The summed E-state index contributed by atoms with van der Waals surface area (Å²) in [5.41, 5.74) is -0.348. The number of Topliss-reactive ketones (excluding diaryl/α,β-unsaturated/α-hetero) is 1. The maximum Gasteiger partial charge on any atom is 0.197 e. The van der Waals surface area contributed by atoms with Crippen molar-refractivity contribution in [2.45, 2.75) is 19.4 Å². The van der Waals surface area contributed by atoms with Gasteiger partial charge in [-0.2, -0.15) is 0 Å². The highest BCUT2D eigenvalue weighted by Gasteiger charge is 2.28. The van der Waals surface area contributed by atoms with Crippen molar-refractivity contribution in [3.8, 4) is 0 Å². The summed E-state index contributed by atoms with van der Waals surface area (Å²) in [4.78, 5) is 19.2. The van der Waals surface area contributed by atoms with E-state index in [4.69, 9.17) is 4.74 Å². The molecule has 0 amide bonds. The van der Waals surface area contributed by atoms with E-state index in [2.05, 4.69) is 9.97 Å². The quantitative estimate of drug-likeness (QED) is 0.653. The highest BCUT2D eigenvalue weighted by atomic mass is 16.5. The molecular weight excluding hydrogens is 168 g/mol. The second-order valence-electron chi connectivity index (χ2n) is 3.17. The number of aromatic nitrogens is 2. The Labute approximate surface area is 77.0 Å². The lowest BCUT2D eigenvalue weighted by atomic mass is 9.99. The van der Waals surface area contributed by atoms with Gasteiger partial charge in [0.1, 0.15) is 11.9 Å². The van der Waals surface area contributed by atoms with Gasteiger partial charge in [-0.15, -0.1) is 0 Å². The number of hydrogen-bond acceptors (Lipinski definition) is 4. The smallest absolute Gasteiger partial charge is 0.197 e. The summed E-state index contributed by atoms with van der Waals surface area (Å²) in [6, 6.07) is 0. The van der Waals surface area contributed by atoms with Crippen molar-refractivity contribution in [2.75, 3.05) is 7.11 Å². The number of ether oxygens (including phenoxy) is 1. The van der Waals surface area contributed by atoms with E-state index in [9.17, 15) is 4.79 Å². The van der Waals surface area contributed by atoms with E-state index < -0.39 is 5.60 Å². The minimum atomic E-state index is -0.815. The fourth-order valence-electron chi connectivity index (χ4n) is 0.857. The second-order valence-corrected chi connectivity index (χ2v) is 3.17. The summed E-state index contributed by atoms with van der Waals surface area (Å²) in [5, 5.41) is 0. The first-order valence-electron chi connectivity index (χ1n) is 3.93. The molecule has 0 radical (unpaired) electrons. The molecule has 0 bridgehead atoms. The molecule has 1 heterocycles. The molecule has 0 aliphatic rings. The van der Waals surface area contributed by atoms with Gasteiger partial charge in [0.05, 0.1) is 5.56 Å². The fraction of sp³-hybridized carbons (Fsp3) is 0.444. The van der Waals surface area contributed by atoms with Crippen LogP contribution in [0.4, 0.5) is 0 Å². The van der Waals surface area contributed by atoms with Crippen molar-refractivity contribution in [1.82, 2.24) is 9.97 Å². The van der Waals surface area contributed by atoms with Crippen LogP contribution in [-0.2, 0) is 4.74 Å². The van der Waals surface area contributed by atoms with Gasteiger partial charge in [0.2, 0.25) is 0 Å². The topological polar surface area (TPSA) is 52.1 Å². The predicted molar refractivity (Wildman–Crippen MR) is 47.5 cm³/mol. The highest BCUT2D eigenvalue weighted by molar-refractivity contribution is 6.01. The van der Waals surface area contributed by atoms with Crippen LogP contribution in [0.3, 0.4) is 0 Å². The molecule has 4 nitrogen and oxygen atoms in total. The minimum absolute atomic E-state index is 0.115. The molecule has 1 aromatic rings. The highest BCUT2D eigenvalue weighted by Crippen LogP contribution is 2.14. The van der Waals surface area contributed by atoms with Crippen molar-refractivity contribution in [2.24, 2.45) is 0 Å². The predicted octanol–water partition coefficient (Wildman–Crippen LogP) is 1.08. The molecule has 0 saturated carbocycles. The molecule has 1 aromatic heterocycles. The Balaban J connectivity index is 2.93. The van der Waals surface area contributed by atoms with E-state index in [0.29, 0.717) is 5.56 Å². The average molecular weight is 180 g/mol. The Morgan fingerprint density at radius 2 is 1.92 bits per heavy atom. The van der Waals surface area contributed by atoms with Gasteiger partial charge in [-0.1, -0.05) is 0 Å². The van der Waals surface area contributed by atoms with Gasteiger partial charge in [0.15, 0.2) is 5.78 Å².